The highest BCUT2D eigenvalue weighted by Crippen LogP contribution is 2.17. The molecule has 1 aromatic heterocycles. The fraction of sp³-hybridized carbons (Fsp3) is 0.500. The first-order chi connectivity index (χ1) is 7.49. The molecular weight excluding hydrogens is 209 g/mol. The zero-order chi connectivity index (χ0) is 12.1. The van der Waals surface area contributed by atoms with Crippen LogP contribution in [0, 0.1) is 17.7 Å². The molecule has 0 aromatic carbocycles. The lowest BCUT2D eigenvalue weighted by molar-refractivity contribution is -0.142. The van der Waals surface area contributed by atoms with Crippen molar-refractivity contribution in [3.05, 3.63) is 29.8 Å². The van der Waals surface area contributed by atoms with Crippen molar-refractivity contribution in [3.63, 3.8) is 0 Å². The molecule has 1 aromatic rings. The number of hydrogen-bond acceptors (Lipinski definition) is 2. The third-order valence-electron chi connectivity index (χ3n) is 2.35. The topological polar surface area (TPSA) is 50.2 Å². The summed E-state index contributed by atoms with van der Waals surface area (Å²) in [4.78, 5) is 14.7. The van der Waals surface area contributed by atoms with Crippen molar-refractivity contribution < 1.29 is 14.3 Å². The molecule has 0 saturated carbocycles. The van der Waals surface area contributed by atoms with E-state index in [-0.39, 0.29) is 0 Å². The van der Waals surface area contributed by atoms with Gasteiger partial charge in [-0.1, -0.05) is 13.8 Å². The number of aliphatic carboxylic acids is 1. The maximum Gasteiger partial charge on any atom is 0.306 e. The number of hydrogen-bond donors (Lipinski definition) is 1. The van der Waals surface area contributed by atoms with E-state index in [0.29, 0.717) is 24.3 Å². The lowest BCUT2D eigenvalue weighted by Crippen LogP contribution is -2.18. The van der Waals surface area contributed by atoms with E-state index in [1.807, 2.05) is 13.8 Å². The second kappa shape index (κ2) is 5.58. The van der Waals surface area contributed by atoms with Gasteiger partial charge >= 0.3 is 5.97 Å². The fourth-order valence-electron chi connectivity index (χ4n) is 1.69. The zero-order valence-electron chi connectivity index (χ0n) is 9.48. The average Bonchev–Trinajstić information content (AvgIpc) is 2.15. The molecule has 16 heavy (non-hydrogen) atoms. The van der Waals surface area contributed by atoms with Crippen LogP contribution in [0.2, 0.25) is 0 Å². The first-order valence-corrected chi connectivity index (χ1v) is 5.31. The summed E-state index contributed by atoms with van der Waals surface area (Å²) in [6, 6.07) is 1.34. The van der Waals surface area contributed by atoms with Crippen molar-refractivity contribution in [1.82, 2.24) is 4.98 Å². The lowest BCUT2D eigenvalue weighted by Gasteiger charge is -2.14. The Hall–Kier alpha value is -1.45. The predicted molar refractivity (Wildman–Crippen MR) is 58.5 cm³/mol. The van der Waals surface area contributed by atoms with Crippen LogP contribution in [0.25, 0.3) is 0 Å². The molecule has 0 aliphatic rings. The van der Waals surface area contributed by atoms with Crippen LogP contribution in [0.4, 0.5) is 4.39 Å². The molecule has 3 nitrogen and oxygen atoms in total. The van der Waals surface area contributed by atoms with Gasteiger partial charge in [0.25, 0.3) is 0 Å². The Balaban J connectivity index is 2.71. The maximum absolute atomic E-state index is 12.9. The number of pyridine rings is 1. The highest BCUT2D eigenvalue weighted by Gasteiger charge is 2.19. The summed E-state index contributed by atoms with van der Waals surface area (Å²) in [7, 11) is 0. The summed E-state index contributed by atoms with van der Waals surface area (Å²) in [5, 5.41) is 9.04. The van der Waals surface area contributed by atoms with Gasteiger partial charge in [-0.25, -0.2) is 4.39 Å². The van der Waals surface area contributed by atoms with E-state index in [4.69, 9.17) is 5.11 Å². The number of aromatic nitrogens is 1. The van der Waals surface area contributed by atoms with Crippen molar-refractivity contribution >= 4 is 5.97 Å². The van der Waals surface area contributed by atoms with Gasteiger partial charge in [0.2, 0.25) is 0 Å². The largest absolute Gasteiger partial charge is 0.481 e. The summed E-state index contributed by atoms with van der Waals surface area (Å²) in [6.45, 7) is 3.94. The van der Waals surface area contributed by atoms with Gasteiger partial charge in [0.1, 0.15) is 5.82 Å². The maximum atomic E-state index is 12.9. The normalized spacial score (nSPS) is 12.8. The standard InChI is InChI=1S/C12H16FNO2/c1-8(2)3-10(12(15)16)4-9-5-11(13)7-14-6-9/h5-8,10H,3-4H2,1-2H3,(H,15,16). The van der Waals surface area contributed by atoms with Crippen molar-refractivity contribution in [2.45, 2.75) is 26.7 Å². The molecule has 0 amide bonds. The molecule has 1 rings (SSSR count). The molecule has 0 aliphatic heterocycles. The highest BCUT2D eigenvalue weighted by molar-refractivity contribution is 5.70. The second-order valence-electron chi connectivity index (χ2n) is 4.38. The van der Waals surface area contributed by atoms with Crippen LogP contribution in [-0.4, -0.2) is 16.1 Å². The van der Waals surface area contributed by atoms with Crippen LogP contribution in [0.1, 0.15) is 25.8 Å². The predicted octanol–water partition coefficient (Wildman–Crippen LogP) is 2.51. The molecule has 1 atom stereocenters. The summed E-state index contributed by atoms with van der Waals surface area (Å²) < 4.78 is 12.9. The van der Waals surface area contributed by atoms with Gasteiger partial charge in [-0.2, -0.15) is 0 Å². The Morgan fingerprint density at radius 3 is 2.69 bits per heavy atom. The van der Waals surface area contributed by atoms with E-state index < -0.39 is 17.7 Å². The molecule has 0 saturated heterocycles. The first-order valence-electron chi connectivity index (χ1n) is 5.31. The zero-order valence-corrected chi connectivity index (χ0v) is 9.48. The van der Waals surface area contributed by atoms with Crippen LogP contribution >= 0.6 is 0 Å². The van der Waals surface area contributed by atoms with Crippen molar-refractivity contribution in [2.24, 2.45) is 11.8 Å². The summed E-state index contributed by atoms with van der Waals surface area (Å²) in [5.74, 6) is -1.42. The Kier molecular flexibility index (Phi) is 4.40. The van der Waals surface area contributed by atoms with E-state index >= 15 is 0 Å². The Labute approximate surface area is 94.3 Å². The summed E-state index contributed by atoms with van der Waals surface area (Å²) in [5.41, 5.74) is 0.632. The SMILES string of the molecule is CC(C)CC(Cc1cncc(F)c1)C(=O)O. The quantitative estimate of drug-likeness (QED) is 0.837. The van der Waals surface area contributed by atoms with Gasteiger partial charge < -0.3 is 5.11 Å². The first kappa shape index (κ1) is 12.6. The van der Waals surface area contributed by atoms with Crippen molar-refractivity contribution in [1.29, 1.82) is 0 Å². The van der Waals surface area contributed by atoms with E-state index in [0.717, 1.165) is 6.20 Å². The van der Waals surface area contributed by atoms with Crippen LogP contribution in [0.3, 0.4) is 0 Å². The molecule has 0 fully saturated rings. The van der Waals surface area contributed by atoms with E-state index in [9.17, 15) is 9.18 Å². The summed E-state index contributed by atoms with van der Waals surface area (Å²) in [6.07, 6.45) is 3.55. The lowest BCUT2D eigenvalue weighted by atomic mass is 9.91. The number of carbonyl (C=O) groups is 1. The van der Waals surface area contributed by atoms with Crippen molar-refractivity contribution in [3.8, 4) is 0 Å². The van der Waals surface area contributed by atoms with Gasteiger partial charge in [-0.3, -0.25) is 9.78 Å². The fourth-order valence-corrected chi connectivity index (χ4v) is 1.69. The Morgan fingerprint density at radius 1 is 1.50 bits per heavy atom. The number of nitrogens with zero attached hydrogens (tertiary/aromatic N) is 1. The molecule has 1 N–H and O–H groups in total. The number of rotatable bonds is 5. The minimum absolute atomic E-state index is 0.308. The minimum atomic E-state index is -0.835. The van der Waals surface area contributed by atoms with Gasteiger partial charge in [-0.15, -0.1) is 0 Å². The molecule has 0 aliphatic carbocycles. The number of halogens is 1. The monoisotopic (exact) mass is 225 g/mol. The van der Waals surface area contributed by atoms with Gasteiger partial charge in [0.05, 0.1) is 12.1 Å². The van der Waals surface area contributed by atoms with Crippen LogP contribution in [-0.2, 0) is 11.2 Å². The van der Waals surface area contributed by atoms with E-state index in [1.54, 1.807) is 0 Å². The Bertz CT molecular complexity index is 366. The molecular formula is C12H16FNO2. The van der Waals surface area contributed by atoms with Gasteiger partial charge in [0.15, 0.2) is 0 Å². The molecule has 0 radical (unpaired) electrons. The van der Waals surface area contributed by atoms with Gasteiger partial charge in [-0.05, 0) is 30.4 Å². The Morgan fingerprint density at radius 2 is 2.19 bits per heavy atom. The van der Waals surface area contributed by atoms with Crippen LogP contribution in [0.15, 0.2) is 18.5 Å². The smallest absolute Gasteiger partial charge is 0.306 e. The molecule has 1 heterocycles. The minimum Gasteiger partial charge on any atom is -0.481 e. The molecule has 0 spiro atoms. The molecule has 0 bridgehead atoms. The average molecular weight is 225 g/mol. The van der Waals surface area contributed by atoms with Crippen LogP contribution in [0.5, 0.6) is 0 Å². The second-order valence-corrected chi connectivity index (χ2v) is 4.38. The van der Waals surface area contributed by atoms with E-state index in [2.05, 4.69) is 4.98 Å². The molecule has 88 valence electrons. The number of carboxylic acid groups (broad SMARTS) is 1. The van der Waals surface area contributed by atoms with Crippen molar-refractivity contribution in [2.75, 3.05) is 0 Å². The highest BCUT2D eigenvalue weighted by atomic mass is 19.1. The summed E-state index contributed by atoms with van der Waals surface area (Å²) >= 11 is 0. The van der Waals surface area contributed by atoms with E-state index in [1.165, 1.54) is 12.3 Å². The number of carboxylic acids is 1. The third kappa shape index (κ3) is 3.96. The third-order valence-corrected chi connectivity index (χ3v) is 2.35. The molecule has 4 heteroatoms. The van der Waals surface area contributed by atoms with Crippen LogP contribution < -0.4 is 0 Å². The molecule has 1 unspecified atom stereocenters. The van der Waals surface area contributed by atoms with Gasteiger partial charge in [0, 0.05) is 6.20 Å².